The lowest BCUT2D eigenvalue weighted by atomic mass is 10.1. The Labute approximate surface area is 267 Å². The van der Waals surface area contributed by atoms with Crippen molar-refractivity contribution in [3.8, 4) is 0 Å². The fourth-order valence-corrected chi connectivity index (χ4v) is 5.30. The Bertz CT molecular complexity index is 1540. The number of amides is 4. The highest BCUT2D eigenvalue weighted by atomic mass is 16.5. The monoisotopic (exact) mass is 626 g/mol. The summed E-state index contributed by atoms with van der Waals surface area (Å²) in [5.74, 6) is -0.806. The Hall–Kier alpha value is -5.19. The molecule has 2 aliphatic carbocycles. The van der Waals surface area contributed by atoms with Gasteiger partial charge in [-0.3, -0.25) is 19.2 Å². The van der Waals surface area contributed by atoms with Gasteiger partial charge in [0.25, 0.3) is 0 Å². The zero-order chi connectivity index (χ0) is 32.6. The van der Waals surface area contributed by atoms with Crippen LogP contribution in [0.3, 0.4) is 0 Å². The SMILES string of the molecule is COC(=O)CN(Cc1ccccc1)C(=O)C1(NC(=O)OCc2ccccc2)CC1.O=C1CN(Cc2ccccc2)C(=O)C2(CC2)N1. The van der Waals surface area contributed by atoms with Crippen LogP contribution in [-0.4, -0.2) is 70.9 Å². The van der Waals surface area contributed by atoms with E-state index >= 15 is 0 Å². The largest absolute Gasteiger partial charge is 0.468 e. The van der Waals surface area contributed by atoms with Gasteiger partial charge < -0.3 is 29.9 Å². The number of methoxy groups -OCH3 is 1. The summed E-state index contributed by atoms with van der Waals surface area (Å²) in [4.78, 5) is 64.0. The lowest BCUT2D eigenvalue weighted by Crippen LogP contribution is -2.59. The molecule has 0 atom stereocenters. The summed E-state index contributed by atoms with van der Waals surface area (Å²) in [7, 11) is 1.28. The minimum absolute atomic E-state index is 0.0435. The van der Waals surface area contributed by atoms with Crippen LogP contribution in [0.5, 0.6) is 0 Å². The van der Waals surface area contributed by atoms with Crippen LogP contribution < -0.4 is 10.6 Å². The minimum Gasteiger partial charge on any atom is -0.468 e. The predicted octanol–water partition coefficient (Wildman–Crippen LogP) is 3.32. The Balaban J connectivity index is 0.000000207. The highest BCUT2D eigenvalue weighted by Crippen LogP contribution is 2.39. The molecule has 4 amide bonds. The van der Waals surface area contributed by atoms with Gasteiger partial charge in [0.2, 0.25) is 17.7 Å². The number of nitrogens with one attached hydrogen (secondary N) is 2. The van der Waals surface area contributed by atoms with Crippen molar-refractivity contribution in [2.45, 2.75) is 56.5 Å². The molecule has 11 heteroatoms. The molecule has 3 fully saturated rings. The normalized spacial score (nSPS) is 16.7. The van der Waals surface area contributed by atoms with Gasteiger partial charge >= 0.3 is 12.1 Å². The van der Waals surface area contributed by atoms with Crippen LogP contribution in [0.1, 0.15) is 42.4 Å². The molecule has 0 radical (unpaired) electrons. The maximum Gasteiger partial charge on any atom is 0.408 e. The van der Waals surface area contributed by atoms with Crippen LogP contribution >= 0.6 is 0 Å². The number of alkyl carbamates (subject to hydrolysis) is 1. The molecule has 3 aromatic carbocycles. The summed E-state index contributed by atoms with van der Waals surface area (Å²) >= 11 is 0. The number of piperazine rings is 1. The first-order valence-corrected chi connectivity index (χ1v) is 15.3. The van der Waals surface area contributed by atoms with Crippen molar-refractivity contribution in [1.29, 1.82) is 0 Å². The Morgan fingerprint density at radius 3 is 1.93 bits per heavy atom. The van der Waals surface area contributed by atoms with Crippen LogP contribution in [0.25, 0.3) is 0 Å². The number of nitrogens with zero attached hydrogens (tertiary/aromatic N) is 2. The van der Waals surface area contributed by atoms with E-state index in [1.54, 1.807) is 4.90 Å². The van der Waals surface area contributed by atoms with E-state index in [4.69, 9.17) is 9.47 Å². The van der Waals surface area contributed by atoms with Crippen molar-refractivity contribution in [2.75, 3.05) is 20.2 Å². The van der Waals surface area contributed by atoms with E-state index in [-0.39, 0.29) is 44.0 Å². The summed E-state index contributed by atoms with van der Waals surface area (Å²) in [6.07, 6.45) is 1.90. The molecule has 0 unspecified atom stereocenters. The number of rotatable bonds is 10. The third kappa shape index (κ3) is 8.29. The van der Waals surface area contributed by atoms with Crippen molar-refractivity contribution in [2.24, 2.45) is 0 Å². The number of ether oxygens (including phenoxy) is 2. The van der Waals surface area contributed by atoms with Gasteiger partial charge in [0.05, 0.1) is 13.7 Å². The number of hydrogen-bond acceptors (Lipinski definition) is 7. The van der Waals surface area contributed by atoms with E-state index in [0.29, 0.717) is 19.4 Å². The first-order chi connectivity index (χ1) is 22.2. The fourth-order valence-electron chi connectivity index (χ4n) is 5.30. The van der Waals surface area contributed by atoms with Crippen LogP contribution in [0.2, 0.25) is 0 Å². The molecular weight excluding hydrogens is 588 g/mol. The molecule has 2 N–H and O–H groups in total. The molecule has 6 rings (SSSR count). The Morgan fingerprint density at radius 1 is 0.826 bits per heavy atom. The van der Waals surface area contributed by atoms with Gasteiger partial charge in [-0.2, -0.15) is 0 Å². The zero-order valence-corrected chi connectivity index (χ0v) is 25.8. The molecule has 0 aromatic heterocycles. The van der Waals surface area contributed by atoms with E-state index in [2.05, 4.69) is 10.6 Å². The van der Waals surface area contributed by atoms with Crippen molar-refractivity contribution >= 4 is 29.8 Å². The van der Waals surface area contributed by atoms with Crippen molar-refractivity contribution in [3.63, 3.8) is 0 Å². The summed E-state index contributed by atoms with van der Waals surface area (Å²) < 4.78 is 9.97. The molecule has 240 valence electrons. The molecule has 1 spiro atoms. The van der Waals surface area contributed by atoms with Gasteiger partial charge in [0, 0.05) is 13.1 Å². The Morgan fingerprint density at radius 2 is 1.39 bits per heavy atom. The smallest absolute Gasteiger partial charge is 0.408 e. The molecule has 1 aliphatic heterocycles. The maximum atomic E-state index is 13.1. The minimum atomic E-state index is -1.03. The highest BCUT2D eigenvalue weighted by Gasteiger charge is 2.56. The number of benzene rings is 3. The quantitative estimate of drug-likeness (QED) is 0.330. The predicted molar refractivity (Wildman–Crippen MR) is 168 cm³/mol. The van der Waals surface area contributed by atoms with Gasteiger partial charge in [-0.05, 0) is 42.4 Å². The van der Waals surface area contributed by atoms with Gasteiger partial charge in [0.1, 0.15) is 24.2 Å². The van der Waals surface area contributed by atoms with E-state index in [1.165, 1.54) is 12.0 Å². The van der Waals surface area contributed by atoms with Gasteiger partial charge in [0.15, 0.2) is 0 Å². The van der Waals surface area contributed by atoms with E-state index in [1.807, 2.05) is 91.0 Å². The van der Waals surface area contributed by atoms with Gasteiger partial charge in [-0.1, -0.05) is 91.0 Å². The maximum absolute atomic E-state index is 13.1. The summed E-state index contributed by atoms with van der Waals surface area (Å²) in [6.45, 7) is 0.876. The van der Waals surface area contributed by atoms with E-state index in [9.17, 15) is 24.0 Å². The molecule has 3 aliphatic rings. The number of carbonyl (C=O) groups is 5. The van der Waals surface area contributed by atoms with E-state index in [0.717, 1.165) is 29.5 Å². The molecule has 3 aromatic rings. The average Bonchev–Trinajstić information content (AvgIpc) is 4.01. The standard InChI is InChI=1S/C22H24N2O5.C13H14N2O2/c1-28-19(25)15-24(14-17-8-4-2-5-9-17)20(26)22(12-13-22)23-21(27)29-16-18-10-6-3-7-11-18;16-11-9-15(8-10-4-2-1-3-5-10)12(17)13(14-11)6-7-13/h2-11H,12-16H2,1H3,(H,23,27);1-5H,6-9H2,(H,14,16). The molecule has 2 saturated carbocycles. The summed E-state index contributed by atoms with van der Waals surface area (Å²) in [5.41, 5.74) is 1.22. The Kier molecular flexibility index (Phi) is 10.00. The zero-order valence-electron chi connectivity index (χ0n) is 25.8. The fraction of sp³-hybridized carbons (Fsp3) is 0.343. The number of carbonyl (C=O) groups excluding carboxylic acids is 5. The van der Waals surface area contributed by atoms with Gasteiger partial charge in [-0.15, -0.1) is 0 Å². The lowest BCUT2D eigenvalue weighted by molar-refractivity contribution is -0.148. The van der Waals surface area contributed by atoms with Crippen LogP contribution in [0.4, 0.5) is 4.79 Å². The van der Waals surface area contributed by atoms with Gasteiger partial charge in [-0.25, -0.2) is 4.79 Å². The summed E-state index contributed by atoms with van der Waals surface area (Å²) in [5, 5.41) is 5.49. The number of hydrogen-bond donors (Lipinski definition) is 2. The van der Waals surface area contributed by atoms with Crippen molar-refractivity contribution in [1.82, 2.24) is 20.4 Å². The van der Waals surface area contributed by atoms with Crippen LogP contribution in [0.15, 0.2) is 91.0 Å². The molecule has 1 saturated heterocycles. The second-order valence-electron chi connectivity index (χ2n) is 11.8. The second-order valence-corrected chi connectivity index (χ2v) is 11.8. The first-order valence-electron chi connectivity index (χ1n) is 15.3. The summed E-state index contributed by atoms with van der Waals surface area (Å²) in [6, 6.07) is 28.4. The average molecular weight is 627 g/mol. The first kappa shape index (κ1) is 32.2. The topological polar surface area (TPSA) is 134 Å². The van der Waals surface area contributed by atoms with Crippen LogP contribution in [0, 0.1) is 0 Å². The third-order valence-electron chi connectivity index (χ3n) is 8.14. The van der Waals surface area contributed by atoms with Crippen molar-refractivity contribution in [3.05, 3.63) is 108 Å². The molecule has 11 nitrogen and oxygen atoms in total. The second kappa shape index (κ2) is 14.3. The van der Waals surface area contributed by atoms with Crippen molar-refractivity contribution < 1.29 is 33.4 Å². The lowest BCUT2D eigenvalue weighted by Gasteiger charge is -2.32. The highest BCUT2D eigenvalue weighted by molar-refractivity contribution is 6.00. The molecule has 46 heavy (non-hydrogen) atoms. The molecule has 1 heterocycles. The molecule has 0 bridgehead atoms. The molecular formula is C35H38N4O7. The number of esters is 1. The van der Waals surface area contributed by atoms with Crippen LogP contribution in [-0.2, 0) is 48.3 Å². The van der Waals surface area contributed by atoms with E-state index < -0.39 is 23.1 Å². The third-order valence-corrected chi connectivity index (χ3v) is 8.14.